The molecule has 4 rings (SSSR count). The number of hydrogen-bond acceptors (Lipinski definition) is 5. The molecule has 0 unspecified atom stereocenters. The van der Waals surface area contributed by atoms with E-state index in [0.717, 1.165) is 11.3 Å². The van der Waals surface area contributed by atoms with Crippen molar-refractivity contribution in [3.63, 3.8) is 0 Å². The number of hydrogen-bond donors (Lipinski definition) is 3. The van der Waals surface area contributed by atoms with Crippen molar-refractivity contribution in [1.82, 2.24) is 19.7 Å². The Bertz CT molecular complexity index is 1350. The van der Waals surface area contributed by atoms with Crippen LogP contribution in [0.1, 0.15) is 32.9 Å². The molecule has 3 aromatic heterocycles. The number of carbonyl (C=O) groups is 2. The number of aromatic amines is 1. The predicted octanol–water partition coefficient (Wildman–Crippen LogP) is 4.40. The predicted molar refractivity (Wildman–Crippen MR) is 130 cm³/mol. The number of rotatable bonds is 7. The topological polar surface area (TPSA) is 119 Å². The molecular formula is C23H21ClN6O2S. The second kappa shape index (κ2) is 9.43. The van der Waals surface area contributed by atoms with Crippen LogP contribution in [0.25, 0.3) is 17.3 Å². The van der Waals surface area contributed by atoms with Gasteiger partial charge in [-0.1, -0.05) is 41.4 Å². The van der Waals surface area contributed by atoms with Crippen LogP contribution in [-0.4, -0.2) is 31.6 Å². The van der Waals surface area contributed by atoms with Gasteiger partial charge in [0.15, 0.2) is 5.13 Å². The van der Waals surface area contributed by atoms with Crippen molar-refractivity contribution in [2.45, 2.75) is 20.4 Å². The van der Waals surface area contributed by atoms with Gasteiger partial charge >= 0.3 is 0 Å². The summed E-state index contributed by atoms with van der Waals surface area (Å²) in [5.74, 6) is -0.893. The third-order valence-electron chi connectivity index (χ3n) is 4.94. The normalized spacial score (nSPS) is 11.2. The van der Waals surface area contributed by atoms with Gasteiger partial charge in [-0.15, -0.1) is 11.3 Å². The summed E-state index contributed by atoms with van der Waals surface area (Å²) >= 11 is 7.80. The zero-order valence-corrected chi connectivity index (χ0v) is 19.5. The number of primary amides is 1. The molecule has 8 nitrogen and oxygen atoms in total. The summed E-state index contributed by atoms with van der Waals surface area (Å²) in [7, 11) is 0. The Balaban J connectivity index is 1.42. The van der Waals surface area contributed by atoms with Crippen LogP contribution in [0.3, 0.4) is 0 Å². The van der Waals surface area contributed by atoms with Crippen LogP contribution in [-0.2, 0) is 11.3 Å². The third kappa shape index (κ3) is 5.21. The summed E-state index contributed by atoms with van der Waals surface area (Å²) in [6.45, 7) is 4.42. The van der Waals surface area contributed by atoms with E-state index in [4.69, 9.17) is 17.3 Å². The lowest BCUT2D eigenvalue weighted by Gasteiger charge is -2.04. The zero-order valence-electron chi connectivity index (χ0n) is 17.9. The molecule has 0 saturated heterocycles. The number of amides is 2. The second-order valence-corrected chi connectivity index (χ2v) is 8.68. The molecule has 0 spiro atoms. The van der Waals surface area contributed by atoms with Gasteiger partial charge in [-0.2, -0.15) is 5.10 Å². The SMILES string of the molecule is Cc1ccc(Cn2nc(C)c(/C=C/C(=O)Nc3nc(-c4c[nH]c(C(N)=O)c4)cs3)c2Cl)cc1. The number of halogens is 1. The largest absolute Gasteiger partial charge is 0.364 e. The fourth-order valence-corrected chi connectivity index (χ4v) is 4.20. The zero-order chi connectivity index (χ0) is 23.5. The molecule has 4 aromatic rings. The first-order chi connectivity index (χ1) is 15.8. The van der Waals surface area contributed by atoms with E-state index >= 15 is 0 Å². The Labute approximate surface area is 199 Å². The van der Waals surface area contributed by atoms with Gasteiger partial charge in [0.1, 0.15) is 10.8 Å². The maximum Gasteiger partial charge on any atom is 0.265 e. The van der Waals surface area contributed by atoms with Crippen LogP contribution >= 0.6 is 22.9 Å². The van der Waals surface area contributed by atoms with Gasteiger partial charge in [0.25, 0.3) is 5.91 Å². The molecule has 168 valence electrons. The van der Waals surface area contributed by atoms with Gasteiger partial charge in [0, 0.05) is 28.8 Å². The highest BCUT2D eigenvalue weighted by Gasteiger charge is 2.13. The number of thiazole rings is 1. The van der Waals surface area contributed by atoms with E-state index in [-0.39, 0.29) is 5.91 Å². The molecule has 0 aliphatic rings. The minimum absolute atomic E-state index is 0.293. The minimum Gasteiger partial charge on any atom is -0.364 e. The number of aryl methyl sites for hydroxylation is 2. The van der Waals surface area contributed by atoms with Crippen molar-refractivity contribution in [3.8, 4) is 11.3 Å². The Morgan fingerprint density at radius 1 is 1.27 bits per heavy atom. The van der Waals surface area contributed by atoms with Gasteiger partial charge in [-0.05, 0) is 31.6 Å². The number of H-pyrrole nitrogens is 1. The number of nitrogens with one attached hydrogen (secondary N) is 2. The molecule has 0 fully saturated rings. The lowest BCUT2D eigenvalue weighted by Crippen LogP contribution is -2.10. The number of aromatic nitrogens is 4. The molecule has 0 bridgehead atoms. The van der Waals surface area contributed by atoms with Crippen LogP contribution < -0.4 is 11.1 Å². The lowest BCUT2D eigenvalue weighted by molar-refractivity contribution is -0.111. The number of nitrogens with two attached hydrogens (primary N) is 1. The summed E-state index contributed by atoms with van der Waals surface area (Å²) in [6.07, 6.45) is 4.68. The van der Waals surface area contributed by atoms with Crippen LogP contribution in [0.5, 0.6) is 0 Å². The van der Waals surface area contributed by atoms with Gasteiger partial charge in [0.2, 0.25) is 5.91 Å². The van der Waals surface area contributed by atoms with Crippen molar-refractivity contribution in [2.24, 2.45) is 5.73 Å². The molecule has 10 heteroatoms. The Morgan fingerprint density at radius 2 is 2.03 bits per heavy atom. The highest BCUT2D eigenvalue weighted by Crippen LogP contribution is 2.26. The molecule has 0 atom stereocenters. The van der Waals surface area contributed by atoms with Crippen molar-refractivity contribution < 1.29 is 9.59 Å². The molecule has 0 saturated carbocycles. The fourth-order valence-electron chi connectivity index (χ4n) is 3.18. The van der Waals surface area contributed by atoms with E-state index in [1.807, 2.05) is 38.1 Å². The van der Waals surface area contributed by atoms with E-state index in [9.17, 15) is 9.59 Å². The minimum atomic E-state index is -0.550. The number of anilines is 1. The fraction of sp³-hybridized carbons (Fsp3) is 0.130. The summed E-state index contributed by atoms with van der Waals surface area (Å²) in [4.78, 5) is 30.8. The van der Waals surface area contributed by atoms with E-state index in [1.54, 1.807) is 28.4 Å². The van der Waals surface area contributed by atoms with Crippen LogP contribution in [0.2, 0.25) is 5.15 Å². The van der Waals surface area contributed by atoms with Crippen LogP contribution in [0.4, 0.5) is 5.13 Å². The second-order valence-electron chi connectivity index (χ2n) is 7.46. The molecule has 0 aliphatic heterocycles. The van der Waals surface area contributed by atoms with Gasteiger partial charge < -0.3 is 10.7 Å². The smallest absolute Gasteiger partial charge is 0.265 e. The van der Waals surface area contributed by atoms with Gasteiger partial charge in [0.05, 0.1) is 17.9 Å². The molecule has 2 amide bonds. The molecule has 4 N–H and O–H groups in total. The van der Waals surface area contributed by atoms with Crippen LogP contribution in [0, 0.1) is 13.8 Å². The molecule has 0 radical (unpaired) electrons. The monoisotopic (exact) mass is 480 g/mol. The molecule has 33 heavy (non-hydrogen) atoms. The average molecular weight is 481 g/mol. The summed E-state index contributed by atoms with van der Waals surface area (Å²) in [5.41, 5.74) is 10.6. The van der Waals surface area contributed by atoms with E-state index < -0.39 is 5.91 Å². The summed E-state index contributed by atoms with van der Waals surface area (Å²) < 4.78 is 1.71. The number of nitrogens with zero attached hydrogens (tertiary/aromatic N) is 3. The van der Waals surface area contributed by atoms with Crippen molar-refractivity contribution in [3.05, 3.63) is 81.2 Å². The quantitative estimate of drug-likeness (QED) is 0.339. The molecular weight excluding hydrogens is 460 g/mol. The average Bonchev–Trinajstić information content (AvgIpc) is 3.49. The van der Waals surface area contributed by atoms with Crippen molar-refractivity contribution in [1.29, 1.82) is 0 Å². The highest BCUT2D eigenvalue weighted by atomic mass is 35.5. The highest BCUT2D eigenvalue weighted by molar-refractivity contribution is 7.14. The summed E-state index contributed by atoms with van der Waals surface area (Å²) in [6, 6.07) is 9.77. The summed E-state index contributed by atoms with van der Waals surface area (Å²) in [5, 5.41) is 9.90. The third-order valence-corrected chi connectivity index (χ3v) is 6.10. The van der Waals surface area contributed by atoms with E-state index in [2.05, 4.69) is 20.4 Å². The maximum atomic E-state index is 12.4. The molecule has 0 aliphatic carbocycles. The Kier molecular flexibility index (Phi) is 6.43. The van der Waals surface area contributed by atoms with E-state index in [1.165, 1.54) is 23.0 Å². The maximum absolute atomic E-state index is 12.4. The number of benzene rings is 1. The van der Waals surface area contributed by atoms with Crippen LogP contribution in [0.15, 0.2) is 48.0 Å². The first-order valence-corrected chi connectivity index (χ1v) is 11.3. The van der Waals surface area contributed by atoms with E-state index in [0.29, 0.717) is 39.3 Å². The first-order valence-electron chi connectivity index (χ1n) is 10.0. The Morgan fingerprint density at radius 3 is 2.73 bits per heavy atom. The van der Waals surface area contributed by atoms with Gasteiger partial charge in [-0.25, -0.2) is 9.67 Å². The number of carbonyl (C=O) groups excluding carboxylic acids is 2. The van der Waals surface area contributed by atoms with Gasteiger partial charge in [-0.3, -0.25) is 14.9 Å². The van der Waals surface area contributed by atoms with Crippen molar-refractivity contribution >= 4 is 46.0 Å². The molecule has 1 aromatic carbocycles. The lowest BCUT2D eigenvalue weighted by atomic mass is 10.1. The standard InChI is InChI=1S/C23H21ClN6O2S/c1-13-3-5-15(6-4-13)11-30-21(24)17(14(2)29-30)7-8-20(31)28-23-27-19(12-33-23)16-9-18(22(25)32)26-10-16/h3-10,12,26H,11H2,1-2H3,(H2,25,32)(H,27,28,31)/b8-7+. The van der Waals surface area contributed by atoms with Crippen molar-refractivity contribution in [2.75, 3.05) is 5.32 Å². The molecule has 3 heterocycles. The first kappa shape index (κ1) is 22.5. The Hall–Kier alpha value is -3.69.